The van der Waals surface area contributed by atoms with Gasteiger partial charge in [-0.1, -0.05) is 15.9 Å². The van der Waals surface area contributed by atoms with Gasteiger partial charge in [0, 0.05) is 10.2 Å². The number of pyridine rings is 1. The zero-order chi connectivity index (χ0) is 12.4. The highest BCUT2D eigenvalue weighted by Gasteiger charge is 2.07. The molecule has 0 unspecified atom stereocenters. The van der Waals surface area contributed by atoms with Gasteiger partial charge in [-0.15, -0.1) is 0 Å². The van der Waals surface area contributed by atoms with Crippen molar-refractivity contribution < 1.29 is 0 Å². The Morgan fingerprint density at radius 3 is 2.47 bits per heavy atom. The molecule has 0 aliphatic carbocycles. The quantitative estimate of drug-likeness (QED) is 0.846. The molecule has 0 saturated carbocycles. The highest BCUT2D eigenvalue weighted by Crippen LogP contribution is 2.30. The smallest absolute Gasteiger partial charge is 0.145 e. The van der Waals surface area contributed by atoms with Crippen LogP contribution < -0.4 is 11.1 Å². The first-order chi connectivity index (χ1) is 8.08. The van der Waals surface area contributed by atoms with Gasteiger partial charge in [-0.3, -0.25) is 0 Å². The van der Waals surface area contributed by atoms with E-state index in [4.69, 9.17) is 5.73 Å². The van der Waals surface area contributed by atoms with Crippen LogP contribution in [0.25, 0.3) is 0 Å². The minimum Gasteiger partial charge on any atom is -0.397 e. The first kappa shape index (κ1) is 12.4. The van der Waals surface area contributed by atoms with E-state index in [1.165, 1.54) is 0 Å². The molecule has 0 bridgehead atoms. The average molecular weight is 357 g/mol. The fourth-order valence-corrected chi connectivity index (χ4v) is 2.04. The van der Waals surface area contributed by atoms with Gasteiger partial charge in [-0.25, -0.2) is 4.98 Å². The number of aromatic nitrogens is 1. The Morgan fingerprint density at radius 1 is 1.18 bits per heavy atom. The minimum absolute atomic E-state index is 0.679. The summed E-state index contributed by atoms with van der Waals surface area (Å²) in [6, 6.07) is 7.90. The Bertz CT molecular complexity index is 538. The van der Waals surface area contributed by atoms with Crippen LogP contribution in [-0.2, 0) is 0 Å². The van der Waals surface area contributed by atoms with Crippen LogP contribution in [0.3, 0.4) is 0 Å². The molecule has 1 aromatic heterocycles. The zero-order valence-electron chi connectivity index (χ0n) is 9.17. The van der Waals surface area contributed by atoms with Crippen molar-refractivity contribution in [3.63, 3.8) is 0 Å². The average Bonchev–Trinajstić information content (AvgIpc) is 2.33. The van der Waals surface area contributed by atoms with E-state index < -0.39 is 0 Å². The van der Waals surface area contributed by atoms with E-state index in [-0.39, 0.29) is 0 Å². The first-order valence-corrected chi connectivity index (χ1v) is 6.59. The Hall–Kier alpha value is -1.07. The van der Waals surface area contributed by atoms with Crippen LogP contribution >= 0.6 is 31.9 Å². The molecule has 0 saturated heterocycles. The maximum atomic E-state index is 5.78. The van der Waals surface area contributed by atoms with Gasteiger partial charge in [0.2, 0.25) is 0 Å². The van der Waals surface area contributed by atoms with Crippen LogP contribution in [0.5, 0.6) is 0 Å². The van der Waals surface area contributed by atoms with E-state index in [9.17, 15) is 0 Å². The fraction of sp³-hybridized carbons (Fsp3) is 0.0833. The van der Waals surface area contributed by atoms with Crippen LogP contribution in [0.1, 0.15) is 5.56 Å². The predicted molar refractivity (Wildman–Crippen MR) is 78.5 cm³/mol. The lowest BCUT2D eigenvalue weighted by molar-refractivity contribution is 1.25. The third kappa shape index (κ3) is 2.79. The molecule has 0 aliphatic heterocycles. The summed E-state index contributed by atoms with van der Waals surface area (Å²) in [5.41, 5.74) is 8.42. The Kier molecular flexibility index (Phi) is 3.69. The van der Waals surface area contributed by atoms with E-state index in [1.54, 1.807) is 6.20 Å². The molecule has 2 aromatic rings. The Labute approximate surface area is 117 Å². The van der Waals surface area contributed by atoms with Crippen LogP contribution in [0.2, 0.25) is 0 Å². The molecule has 0 amide bonds. The summed E-state index contributed by atoms with van der Waals surface area (Å²) in [4.78, 5) is 4.26. The molecule has 3 nitrogen and oxygen atoms in total. The molecule has 1 heterocycles. The van der Waals surface area contributed by atoms with Crippen molar-refractivity contribution in [3.8, 4) is 0 Å². The highest BCUT2D eigenvalue weighted by atomic mass is 79.9. The van der Waals surface area contributed by atoms with Crippen LogP contribution in [0.15, 0.2) is 39.4 Å². The van der Waals surface area contributed by atoms with Gasteiger partial charge in [-0.2, -0.15) is 0 Å². The number of hydrogen-bond donors (Lipinski definition) is 2. The van der Waals surface area contributed by atoms with Crippen molar-refractivity contribution in [1.82, 2.24) is 4.98 Å². The number of nitrogens with zero attached hydrogens (tertiary/aromatic N) is 1. The van der Waals surface area contributed by atoms with Crippen molar-refractivity contribution in [2.45, 2.75) is 6.92 Å². The molecular weight excluding hydrogens is 346 g/mol. The number of hydrogen-bond acceptors (Lipinski definition) is 3. The van der Waals surface area contributed by atoms with Gasteiger partial charge in [0.25, 0.3) is 0 Å². The predicted octanol–water partition coefficient (Wildman–Crippen LogP) is 4.24. The van der Waals surface area contributed by atoms with Crippen molar-refractivity contribution >= 4 is 49.1 Å². The molecule has 0 radical (unpaired) electrons. The lowest BCUT2D eigenvalue weighted by Crippen LogP contribution is -1.99. The maximum absolute atomic E-state index is 5.78. The van der Waals surface area contributed by atoms with Gasteiger partial charge in [0.05, 0.1) is 16.4 Å². The van der Waals surface area contributed by atoms with E-state index in [0.29, 0.717) is 5.69 Å². The number of rotatable bonds is 2. The molecule has 0 aliphatic rings. The topological polar surface area (TPSA) is 50.9 Å². The number of anilines is 3. The van der Waals surface area contributed by atoms with Gasteiger partial charge in [-0.05, 0) is 52.7 Å². The molecule has 3 N–H and O–H groups in total. The third-order valence-electron chi connectivity index (χ3n) is 2.41. The van der Waals surface area contributed by atoms with Gasteiger partial charge in [0.15, 0.2) is 0 Å². The molecule has 1 aromatic carbocycles. The van der Waals surface area contributed by atoms with Crippen LogP contribution in [0, 0.1) is 6.92 Å². The first-order valence-electron chi connectivity index (χ1n) is 5.01. The second-order valence-electron chi connectivity index (χ2n) is 3.63. The largest absolute Gasteiger partial charge is 0.397 e. The normalized spacial score (nSPS) is 10.3. The molecule has 0 fully saturated rings. The van der Waals surface area contributed by atoms with Gasteiger partial charge in [0.1, 0.15) is 5.82 Å². The lowest BCUT2D eigenvalue weighted by atomic mass is 10.2. The maximum Gasteiger partial charge on any atom is 0.145 e. The summed E-state index contributed by atoms with van der Waals surface area (Å²) >= 11 is 6.89. The summed E-state index contributed by atoms with van der Waals surface area (Å²) in [6.07, 6.45) is 1.65. The van der Waals surface area contributed by atoms with Crippen molar-refractivity contribution in [2.75, 3.05) is 11.1 Å². The van der Waals surface area contributed by atoms with E-state index in [0.717, 1.165) is 26.0 Å². The fourth-order valence-electron chi connectivity index (χ4n) is 1.35. The molecule has 17 heavy (non-hydrogen) atoms. The second kappa shape index (κ2) is 5.06. The summed E-state index contributed by atoms with van der Waals surface area (Å²) < 4.78 is 1.93. The third-order valence-corrected chi connectivity index (χ3v) is 3.91. The molecular formula is C12H11Br2N3. The Balaban J connectivity index is 2.30. The van der Waals surface area contributed by atoms with Crippen LogP contribution in [-0.4, -0.2) is 4.98 Å². The van der Waals surface area contributed by atoms with E-state index in [1.807, 2.05) is 31.2 Å². The van der Waals surface area contributed by atoms with Crippen LogP contribution in [0.4, 0.5) is 17.2 Å². The summed E-state index contributed by atoms with van der Waals surface area (Å²) in [5, 5.41) is 3.23. The molecule has 5 heteroatoms. The van der Waals surface area contributed by atoms with Crippen molar-refractivity contribution in [2.24, 2.45) is 0 Å². The molecule has 0 spiro atoms. The SMILES string of the molecule is Cc1c(N)cnc(Nc2ccc(Br)cc2)c1Br. The monoisotopic (exact) mass is 355 g/mol. The van der Waals surface area contributed by atoms with Gasteiger partial charge < -0.3 is 11.1 Å². The standard InChI is InChI=1S/C12H11Br2N3/c1-7-10(15)6-16-12(11(7)14)17-9-4-2-8(13)3-5-9/h2-6H,15H2,1H3,(H,16,17). The zero-order valence-corrected chi connectivity index (χ0v) is 12.3. The molecule has 2 rings (SSSR count). The molecule has 0 atom stereocenters. The summed E-state index contributed by atoms with van der Waals surface area (Å²) in [6.45, 7) is 1.95. The number of halogens is 2. The second-order valence-corrected chi connectivity index (χ2v) is 5.34. The van der Waals surface area contributed by atoms with Gasteiger partial charge >= 0.3 is 0 Å². The number of nitrogens with one attached hydrogen (secondary N) is 1. The summed E-state index contributed by atoms with van der Waals surface area (Å²) in [7, 11) is 0. The van der Waals surface area contributed by atoms with Crippen molar-refractivity contribution in [3.05, 3.63) is 45.0 Å². The Morgan fingerprint density at radius 2 is 1.82 bits per heavy atom. The summed E-state index contributed by atoms with van der Waals surface area (Å²) in [5.74, 6) is 0.763. The number of nitrogen functional groups attached to an aromatic ring is 1. The number of benzene rings is 1. The molecule has 88 valence electrons. The highest BCUT2D eigenvalue weighted by molar-refractivity contribution is 9.11. The van der Waals surface area contributed by atoms with E-state index >= 15 is 0 Å². The minimum atomic E-state index is 0.679. The lowest BCUT2D eigenvalue weighted by Gasteiger charge is -2.10. The van der Waals surface area contributed by atoms with E-state index in [2.05, 4.69) is 42.2 Å². The van der Waals surface area contributed by atoms with Crippen molar-refractivity contribution in [1.29, 1.82) is 0 Å². The number of nitrogens with two attached hydrogens (primary N) is 1.